The summed E-state index contributed by atoms with van der Waals surface area (Å²) in [7, 11) is 0. The van der Waals surface area contributed by atoms with Gasteiger partial charge in [-0.2, -0.15) is 0 Å². The first-order chi connectivity index (χ1) is 9.13. The SMILES string of the molecule is CCN(CC(O)c1cccc2ccccc12)C(C)C. The Balaban J connectivity index is 2.28. The van der Waals surface area contributed by atoms with Crippen molar-refractivity contribution in [3.8, 4) is 0 Å². The van der Waals surface area contributed by atoms with E-state index in [4.69, 9.17) is 0 Å². The van der Waals surface area contributed by atoms with Gasteiger partial charge in [0.1, 0.15) is 0 Å². The third kappa shape index (κ3) is 3.14. The predicted octanol–water partition coefficient (Wildman–Crippen LogP) is 3.60. The minimum Gasteiger partial charge on any atom is -0.387 e. The van der Waals surface area contributed by atoms with Gasteiger partial charge in [-0.3, -0.25) is 4.90 Å². The van der Waals surface area contributed by atoms with E-state index in [0.29, 0.717) is 12.6 Å². The lowest BCUT2D eigenvalue weighted by Gasteiger charge is -2.27. The maximum atomic E-state index is 10.5. The van der Waals surface area contributed by atoms with Crippen molar-refractivity contribution < 1.29 is 5.11 Å². The molecule has 0 fully saturated rings. The summed E-state index contributed by atoms with van der Waals surface area (Å²) in [5.41, 5.74) is 1.03. The zero-order valence-electron chi connectivity index (χ0n) is 12.0. The largest absolute Gasteiger partial charge is 0.387 e. The van der Waals surface area contributed by atoms with E-state index in [9.17, 15) is 5.11 Å². The van der Waals surface area contributed by atoms with Gasteiger partial charge in [-0.05, 0) is 36.7 Å². The van der Waals surface area contributed by atoms with Crippen LogP contribution in [-0.4, -0.2) is 29.1 Å². The lowest BCUT2D eigenvalue weighted by Crippen LogP contribution is -2.34. The van der Waals surface area contributed by atoms with E-state index >= 15 is 0 Å². The van der Waals surface area contributed by atoms with Gasteiger partial charge in [0.05, 0.1) is 6.10 Å². The van der Waals surface area contributed by atoms with Crippen molar-refractivity contribution in [1.29, 1.82) is 0 Å². The Labute approximate surface area is 115 Å². The molecule has 1 unspecified atom stereocenters. The highest BCUT2D eigenvalue weighted by molar-refractivity contribution is 5.85. The van der Waals surface area contributed by atoms with E-state index < -0.39 is 6.10 Å². The summed E-state index contributed by atoms with van der Waals surface area (Å²) in [5.74, 6) is 0. The monoisotopic (exact) mass is 257 g/mol. The highest BCUT2D eigenvalue weighted by atomic mass is 16.3. The standard InChI is InChI=1S/C17H23NO/c1-4-18(13(2)3)12-17(19)16-11-7-9-14-8-5-6-10-15(14)16/h5-11,13,17,19H,4,12H2,1-3H3. The van der Waals surface area contributed by atoms with Crippen LogP contribution in [0.5, 0.6) is 0 Å². The van der Waals surface area contributed by atoms with E-state index in [2.05, 4.69) is 43.9 Å². The van der Waals surface area contributed by atoms with Crippen LogP contribution < -0.4 is 0 Å². The number of nitrogens with zero attached hydrogens (tertiary/aromatic N) is 1. The molecule has 102 valence electrons. The number of rotatable bonds is 5. The zero-order chi connectivity index (χ0) is 13.8. The second-order valence-electron chi connectivity index (χ2n) is 5.27. The van der Waals surface area contributed by atoms with Gasteiger partial charge >= 0.3 is 0 Å². The summed E-state index contributed by atoms with van der Waals surface area (Å²) >= 11 is 0. The topological polar surface area (TPSA) is 23.5 Å². The molecule has 0 saturated heterocycles. The molecule has 2 heteroatoms. The molecule has 0 bridgehead atoms. The first kappa shape index (κ1) is 14.0. The van der Waals surface area contributed by atoms with Crippen LogP contribution in [0.25, 0.3) is 10.8 Å². The van der Waals surface area contributed by atoms with E-state index in [1.165, 1.54) is 5.39 Å². The van der Waals surface area contributed by atoms with Crippen LogP contribution in [0.1, 0.15) is 32.4 Å². The number of hydrogen-bond acceptors (Lipinski definition) is 2. The zero-order valence-corrected chi connectivity index (χ0v) is 12.0. The quantitative estimate of drug-likeness (QED) is 0.884. The molecular formula is C17H23NO. The normalized spacial score (nSPS) is 13.4. The average Bonchev–Trinajstić information content (AvgIpc) is 2.43. The van der Waals surface area contributed by atoms with Crippen LogP contribution in [-0.2, 0) is 0 Å². The van der Waals surface area contributed by atoms with E-state index in [0.717, 1.165) is 17.5 Å². The van der Waals surface area contributed by atoms with Crippen molar-refractivity contribution in [2.45, 2.75) is 32.9 Å². The van der Waals surface area contributed by atoms with Crippen LogP contribution in [0.2, 0.25) is 0 Å². The van der Waals surface area contributed by atoms with Gasteiger partial charge in [0.25, 0.3) is 0 Å². The summed E-state index contributed by atoms with van der Waals surface area (Å²) in [6, 6.07) is 14.8. The third-order valence-electron chi connectivity index (χ3n) is 3.73. The molecule has 0 aliphatic carbocycles. The molecule has 0 aromatic heterocycles. The van der Waals surface area contributed by atoms with Gasteiger partial charge in [-0.15, -0.1) is 0 Å². The van der Waals surface area contributed by atoms with E-state index in [1.54, 1.807) is 0 Å². The van der Waals surface area contributed by atoms with Crippen molar-refractivity contribution in [1.82, 2.24) is 4.90 Å². The minimum atomic E-state index is -0.437. The Morgan fingerprint density at radius 1 is 1.05 bits per heavy atom. The Morgan fingerprint density at radius 2 is 1.74 bits per heavy atom. The Morgan fingerprint density at radius 3 is 2.42 bits per heavy atom. The fourth-order valence-corrected chi connectivity index (χ4v) is 2.57. The smallest absolute Gasteiger partial charge is 0.0923 e. The van der Waals surface area contributed by atoms with Gasteiger partial charge in [0.2, 0.25) is 0 Å². The van der Waals surface area contributed by atoms with Gasteiger partial charge in [-0.25, -0.2) is 0 Å². The summed E-state index contributed by atoms with van der Waals surface area (Å²) < 4.78 is 0. The molecule has 0 aliphatic heterocycles. The summed E-state index contributed by atoms with van der Waals surface area (Å²) in [6.07, 6.45) is -0.437. The third-order valence-corrected chi connectivity index (χ3v) is 3.73. The molecule has 0 spiro atoms. The molecule has 1 N–H and O–H groups in total. The molecule has 0 amide bonds. The molecule has 0 saturated carbocycles. The van der Waals surface area contributed by atoms with Crippen molar-refractivity contribution in [3.05, 3.63) is 48.0 Å². The van der Waals surface area contributed by atoms with Crippen molar-refractivity contribution in [2.75, 3.05) is 13.1 Å². The second kappa shape index (κ2) is 6.18. The fourth-order valence-electron chi connectivity index (χ4n) is 2.57. The second-order valence-corrected chi connectivity index (χ2v) is 5.27. The molecule has 0 heterocycles. The van der Waals surface area contributed by atoms with Crippen LogP contribution in [0.3, 0.4) is 0 Å². The Hall–Kier alpha value is -1.38. The van der Waals surface area contributed by atoms with Crippen LogP contribution in [0, 0.1) is 0 Å². The molecule has 2 nitrogen and oxygen atoms in total. The first-order valence-electron chi connectivity index (χ1n) is 7.03. The molecule has 2 aromatic carbocycles. The highest BCUT2D eigenvalue weighted by Gasteiger charge is 2.16. The average molecular weight is 257 g/mol. The van der Waals surface area contributed by atoms with Crippen molar-refractivity contribution in [2.24, 2.45) is 0 Å². The molecule has 0 radical (unpaired) electrons. The van der Waals surface area contributed by atoms with Gasteiger partial charge in [0, 0.05) is 12.6 Å². The number of aliphatic hydroxyl groups is 1. The van der Waals surface area contributed by atoms with Crippen molar-refractivity contribution in [3.63, 3.8) is 0 Å². The number of aliphatic hydroxyl groups excluding tert-OH is 1. The Bertz CT molecular complexity index is 530. The van der Waals surface area contributed by atoms with Gasteiger partial charge < -0.3 is 5.11 Å². The summed E-state index contributed by atoms with van der Waals surface area (Å²) in [4.78, 5) is 2.28. The summed E-state index contributed by atoms with van der Waals surface area (Å²) in [5, 5.41) is 12.9. The number of benzene rings is 2. The highest BCUT2D eigenvalue weighted by Crippen LogP contribution is 2.25. The molecular weight excluding hydrogens is 234 g/mol. The van der Waals surface area contributed by atoms with Crippen LogP contribution in [0.15, 0.2) is 42.5 Å². The Kier molecular flexibility index (Phi) is 4.56. The van der Waals surface area contributed by atoms with Crippen molar-refractivity contribution >= 4 is 10.8 Å². The molecule has 1 atom stereocenters. The lowest BCUT2D eigenvalue weighted by molar-refractivity contribution is 0.100. The molecule has 2 rings (SSSR count). The first-order valence-corrected chi connectivity index (χ1v) is 7.03. The summed E-state index contributed by atoms with van der Waals surface area (Å²) in [6.45, 7) is 8.11. The van der Waals surface area contributed by atoms with E-state index in [1.807, 2.05) is 24.3 Å². The molecule has 2 aromatic rings. The molecule has 19 heavy (non-hydrogen) atoms. The maximum absolute atomic E-state index is 10.5. The fraction of sp³-hybridized carbons (Fsp3) is 0.412. The number of hydrogen-bond donors (Lipinski definition) is 1. The van der Waals surface area contributed by atoms with E-state index in [-0.39, 0.29) is 0 Å². The maximum Gasteiger partial charge on any atom is 0.0923 e. The number of fused-ring (bicyclic) bond motifs is 1. The van der Waals surface area contributed by atoms with Crippen LogP contribution in [0.4, 0.5) is 0 Å². The number of likely N-dealkylation sites (N-methyl/N-ethyl adjacent to an activating group) is 1. The van der Waals surface area contributed by atoms with Gasteiger partial charge in [-0.1, -0.05) is 49.4 Å². The minimum absolute atomic E-state index is 0.437. The lowest BCUT2D eigenvalue weighted by atomic mass is 10.00. The van der Waals surface area contributed by atoms with Crippen LogP contribution >= 0.6 is 0 Å². The molecule has 0 aliphatic rings. The van der Waals surface area contributed by atoms with Gasteiger partial charge in [0.15, 0.2) is 0 Å². The predicted molar refractivity (Wildman–Crippen MR) is 81.3 cm³/mol.